The molecule has 0 atom stereocenters. The van der Waals surface area contributed by atoms with Crippen LogP contribution < -0.4 is 0 Å². The molecule has 0 bridgehead atoms. The minimum atomic E-state index is 0.0274. The van der Waals surface area contributed by atoms with E-state index in [1.54, 1.807) is 18.6 Å². The lowest BCUT2D eigenvalue weighted by Gasteiger charge is -1.96. The minimum Gasteiger partial charge on any atom is -0.392 e. The van der Waals surface area contributed by atoms with Crippen molar-refractivity contribution in [3.8, 4) is 0 Å². The lowest BCUT2D eigenvalue weighted by atomic mass is 10.2. The summed E-state index contributed by atoms with van der Waals surface area (Å²) in [4.78, 5) is 8.22. The summed E-state index contributed by atoms with van der Waals surface area (Å²) in [6.07, 6.45) is 9.07. The molecule has 3 nitrogen and oxygen atoms in total. The molecule has 0 aromatic carbocycles. The average Bonchev–Trinajstić information content (AvgIpc) is 2.38. The van der Waals surface area contributed by atoms with E-state index in [0.717, 1.165) is 16.8 Å². The maximum atomic E-state index is 8.87. The molecule has 2 aromatic rings. The summed E-state index contributed by atoms with van der Waals surface area (Å²) < 4.78 is 0. The summed E-state index contributed by atoms with van der Waals surface area (Å²) in [6, 6.07) is 7.60. The summed E-state index contributed by atoms with van der Waals surface area (Å²) in [5, 5.41) is 8.87. The predicted octanol–water partition coefficient (Wildman–Crippen LogP) is 2.14. The first-order valence-corrected chi connectivity index (χ1v) is 5.02. The van der Waals surface area contributed by atoms with Gasteiger partial charge in [0.05, 0.1) is 12.3 Å². The highest BCUT2D eigenvalue weighted by Crippen LogP contribution is 2.06. The van der Waals surface area contributed by atoms with Crippen molar-refractivity contribution < 1.29 is 5.11 Å². The zero-order valence-corrected chi connectivity index (χ0v) is 8.74. The van der Waals surface area contributed by atoms with Gasteiger partial charge >= 0.3 is 0 Å². The van der Waals surface area contributed by atoms with E-state index in [1.165, 1.54) is 0 Å². The van der Waals surface area contributed by atoms with Crippen LogP contribution in [0.15, 0.2) is 42.9 Å². The third-order valence-electron chi connectivity index (χ3n) is 2.16. The molecule has 1 N–H and O–H groups in total. The standard InChI is InChI=1S/C13H12N2O/c16-10-12-4-6-13(15-9-12)5-3-11-2-1-7-14-8-11/h1-9,16H,10H2. The van der Waals surface area contributed by atoms with Crippen LogP contribution in [0.3, 0.4) is 0 Å². The smallest absolute Gasteiger partial charge is 0.0696 e. The number of nitrogens with zero attached hydrogens (tertiary/aromatic N) is 2. The van der Waals surface area contributed by atoms with Gasteiger partial charge in [-0.3, -0.25) is 9.97 Å². The Labute approximate surface area is 94.1 Å². The van der Waals surface area contributed by atoms with Gasteiger partial charge in [0.2, 0.25) is 0 Å². The Morgan fingerprint density at radius 3 is 2.69 bits per heavy atom. The number of hydrogen-bond donors (Lipinski definition) is 1. The van der Waals surface area contributed by atoms with Gasteiger partial charge in [0.15, 0.2) is 0 Å². The maximum absolute atomic E-state index is 8.87. The molecule has 2 heterocycles. The number of rotatable bonds is 3. The van der Waals surface area contributed by atoms with Gasteiger partial charge in [0.1, 0.15) is 0 Å². The molecule has 0 spiro atoms. The average molecular weight is 212 g/mol. The molecular weight excluding hydrogens is 200 g/mol. The topological polar surface area (TPSA) is 46.0 Å². The second kappa shape index (κ2) is 5.19. The van der Waals surface area contributed by atoms with Crippen LogP contribution in [0.4, 0.5) is 0 Å². The van der Waals surface area contributed by atoms with E-state index in [0.29, 0.717) is 0 Å². The van der Waals surface area contributed by atoms with E-state index < -0.39 is 0 Å². The first-order chi connectivity index (χ1) is 7.88. The van der Waals surface area contributed by atoms with Crippen LogP contribution in [0.1, 0.15) is 16.8 Å². The van der Waals surface area contributed by atoms with Gasteiger partial charge in [0.25, 0.3) is 0 Å². The van der Waals surface area contributed by atoms with E-state index in [1.807, 2.05) is 36.4 Å². The number of aromatic nitrogens is 2. The number of aliphatic hydroxyl groups excluding tert-OH is 1. The van der Waals surface area contributed by atoms with Gasteiger partial charge in [-0.25, -0.2) is 0 Å². The lowest BCUT2D eigenvalue weighted by molar-refractivity contribution is 0.281. The normalized spacial score (nSPS) is 10.8. The zero-order chi connectivity index (χ0) is 11.2. The van der Waals surface area contributed by atoms with Gasteiger partial charge in [-0.1, -0.05) is 18.2 Å². The molecule has 2 aromatic heterocycles. The summed E-state index contributed by atoms with van der Waals surface area (Å²) >= 11 is 0. The molecule has 2 rings (SSSR count). The third kappa shape index (κ3) is 2.74. The van der Waals surface area contributed by atoms with Crippen molar-refractivity contribution >= 4 is 12.2 Å². The Balaban J connectivity index is 2.12. The van der Waals surface area contributed by atoms with E-state index in [-0.39, 0.29) is 6.61 Å². The summed E-state index contributed by atoms with van der Waals surface area (Å²) in [5.74, 6) is 0. The van der Waals surface area contributed by atoms with Crippen molar-refractivity contribution in [3.63, 3.8) is 0 Å². The van der Waals surface area contributed by atoms with Gasteiger partial charge in [0, 0.05) is 18.6 Å². The maximum Gasteiger partial charge on any atom is 0.0696 e. The Bertz CT molecular complexity index is 463. The third-order valence-corrected chi connectivity index (χ3v) is 2.16. The molecule has 0 radical (unpaired) electrons. The molecule has 3 heteroatoms. The fourth-order valence-corrected chi connectivity index (χ4v) is 1.28. The van der Waals surface area contributed by atoms with Crippen LogP contribution in [0.25, 0.3) is 12.2 Å². The molecule has 80 valence electrons. The first kappa shape index (κ1) is 10.5. The molecule has 0 saturated carbocycles. The van der Waals surface area contributed by atoms with Crippen LogP contribution in [-0.2, 0) is 6.61 Å². The van der Waals surface area contributed by atoms with E-state index in [2.05, 4.69) is 9.97 Å². The van der Waals surface area contributed by atoms with Gasteiger partial charge in [-0.15, -0.1) is 0 Å². The fourth-order valence-electron chi connectivity index (χ4n) is 1.28. The van der Waals surface area contributed by atoms with Crippen molar-refractivity contribution in [3.05, 3.63) is 59.7 Å². The second-order valence-electron chi connectivity index (χ2n) is 3.37. The summed E-state index contributed by atoms with van der Waals surface area (Å²) in [5.41, 5.74) is 2.72. The van der Waals surface area contributed by atoms with E-state index >= 15 is 0 Å². The SMILES string of the molecule is OCc1ccc(C=Cc2cccnc2)nc1. The molecule has 0 aliphatic carbocycles. The Hall–Kier alpha value is -2.00. The number of pyridine rings is 2. The van der Waals surface area contributed by atoms with Gasteiger partial charge in [-0.05, 0) is 29.3 Å². The van der Waals surface area contributed by atoms with Crippen LogP contribution >= 0.6 is 0 Å². The van der Waals surface area contributed by atoms with Gasteiger partial charge < -0.3 is 5.11 Å². The van der Waals surface area contributed by atoms with Crippen LogP contribution in [-0.4, -0.2) is 15.1 Å². The highest BCUT2D eigenvalue weighted by molar-refractivity contribution is 5.67. The van der Waals surface area contributed by atoms with Crippen LogP contribution in [0.2, 0.25) is 0 Å². The molecular formula is C13H12N2O. The molecule has 0 unspecified atom stereocenters. The van der Waals surface area contributed by atoms with Crippen molar-refractivity contribution in [1.29, 1.82) is 0 Å². The lowest BCUT2D eigenvalue weighted by Crippen LogP contribution is -1.86. The van der Waals surface area contributed by atoms with Crippen LogP contribution in [0.5, 0.6) is 0 Å². The zero-order valence-electron chi connectivity index (χ0n) is 8.74. The minimum absolute atomic E-state index is 0.0274. The molecule has 0 saturated heterocycles. The van der Waals surface area contributed by atoms with Crippen LogP contribution in [0, 0.1) is 0 Å². The van der Waals surface area contributed by atoms with Crippen molar-refractivity contribution in [2.75, 3.05) is 0 Å². The van der Waals surface area contributed by atoms with Crippen molar-refractivity contribution in [1.82, 2.24) is 9.97 Å². The quantitative estimate of drug-likeness (QED) is 0.847. The predicted molar refractivity (Wildman–Crippen MR) is 63.3 cm³/mol. The Kier molecular flexibility index (Phi) is 3.41. The first-order valence-electron chi connectivity index (χ1n) is 5.02. The molecule has 0 aliphatic heterocycles. The van der Waals surface area contributed by atoms with Crippen molar-refractivity contribution in [2.24, 2.45) is 0 Å². The Morgan fingerprint density at radius 1 is 1.12 bits per heavy atom. The summed E-state index contributed by atoms with van der Waals surface area (Å²) in [6.45, 7) is 0.0274. The van der Waals surface area contributed by atoms with Crippen molar-refractivity contribution in [2.45, 2.75) is 6.61 Å². The fraction of sp³-hybridized carbons (Fsp3) is 0.0769. The Morgan fingerprint density at radius 2 is 2.06 bits per heavy atom. The summed E-state index contributed by atoms with van der Waals surface area (Å²) in [7, 11) is 0. The van der Waals surface area contributed by atoms with Gasteiger partial charge in [-0.2, -0.15) is 0 Å². The second-order valence-corrected chi connectivity index (χ2v) is 3.37. The largest absolute Gasteiger partial charge is 0.392 e. The monoisotopic (exact) mass is 212 g/mol. The molecule has 0 aliphatic rings. The molecule has 16 heavy (non-hydrogen) atoms. The number of aliphatic hydroxyl groups is 1. The highest BCUT2D eigenvalue weighted by Gasteiger charge is 1.91. The van der Waals surface area contributed by atoms with E-state index in [9.17, 15) is 0 Å². The highest BCUT2D eigenvalue weighted by atomic mass is 16.3. The molecule has 0 fully saturated rings. The molecule has 0 amide bonds. The van der Waals surface area contributed by atoms with E-state index in [4.69, 9.17) is 5.11 Å². The number of hydrogen-bond acceptors (Lipinski definition) is 3.